The lowest BCUT2D eigenvalue weighted by Gasteiger charge is -2.19. The molecule has 0 aliphatic heterocycles. The molecule has 3 nitrogen and oxygen atoms in total. The topological polar surface area (TPSA) is 28.2 Å². The van der Waals surface area contributed by atoms with E-state index >= 15 is 0 Å². The van der Waals surface area contributed by atoms with Crippen LogP contribution in [0.5, 0.6) is 0 Å². The van der Waals surface area contributed by atoms with Gasteiger partial charge in [0.2, 0.25) is 0 Å². The predicted octanol–water partition coefficient (Wildman–Crippen LogP) is 1.51. The highest BCUT2D eigenvalue weighted by atomic mass is 15.1. The van der Waals surface area contributed by atoms with Crippen LogP contribution in [0.25, 0.3) is 0 Å². The number of nitrogens with zero attached hydrogens (tertiary/aromatic N) is 2. The van der Waals surface area contributed by atoms with Crippen LogP contribution < -0.4 is 5.32 Å². The third-order valence-electron chi connectivity index (χ3n) is 2.64. The Hall–Kier alpha value is -0.930. The first-order valence-corrected chi connectivity index (χ1v) is 5.47. The van der Waals surface area contributed by atoms with E-state index in [9.17, 15) is 0 Å². The first kappa shape index (κ1) is 12.1. The van der Waals surface area contributed by atoms with Crippen LogP contribution in [0.3, 0.4) is 0 Å². The lowest BCUT2D eigenvalue weighted by Crippen LogP contribution is -2.28. The maximum Gasteiger partial charge on any atom is 0.0271 e. The summed E-state index contributed by atoms with van der Waals surface area (Å²) in [7, 11) is 4.16. The van der Waals surface area contributed by atoms with Gasteiger partial charge in [0, 0.05) is 25.0 Å². The molecule has 0 aliphatic carbocycles. The Kier molecular flexibility index (Phi) is 5.29. The number of rotatable bonds is 6. The molecule has 1 aromatic rings. The fourth-order valence-electron chi connectivity index (χ4n) is 1.44. The van der Waals surface area contributed by atoms with Crippen LogP contribution in [0.4, 0.5) is 0 Å². The van der Waals surface area contributed by atoms with E-state index in [0.717, 1.165) is 13.1 Å². The van der Waals surface area contributed by atoms with E-state index in [4.69, 9.17) is 0 Å². The monoisotopic (exact) mass is 207 g/mol. The summed E-state index contributed by atoms with van der Waals surface area (Å²) < 4.78 is 0. The Balaban J connectivity index is 2.27. The largest absolute Gasteiger partial charge is 0.317 e. The van der Waals surface area contributed by atoms with Gasteiger partial charge in [-0.2, -0.15) is 0 Å². The van der Waals surface area contributed by atoms with Gasteiger partial charge in [-0.05, 0) is 51.7 Å². The molecular weight excluding hydrogens is 186 g/mol. The molecule has 0 spiro atoms. The smallest absolute Gasteiger partial charge is 0.0271 e. The molecule has 0 saturated carbocycles. The van der Waals surface area contributed by atoms with Crippen LogP contribution in [0.2, 0.25) is 0 Å². The number of aromatic nitrogens is 1. The normalized spacial score (nSPS) is 13.1. The van der Waals surface area contributed by atoms with Crippen LogP contribution in [0, 0.1) is 0 Å². The highest BCUT2D eigenvalue weighted by molar-refractivity contribution is 5.09. The molecule has 0 fully saturated rings. The molecule has 15 heavy (non-hydrogen) atoms. The van der Waals surface area contributed by atoms with Crippen molar-refractivity contribution in [1.82, 2.24) is 15.2 Å². The summed E-state index contributed by atoms with van der Waals surface area (Å²) in [6.07, 6.45) is 4.87. The first-order chi connectivity index (χ1) is 7.22. The van der Waals surface area contributed by atoms with Crippen LogP contribution >= 0.6 is 0 Å². The Bertz CT molecular complexity index is 261. The predicted molar refractivity (Wildman–Crippen MR) is 63.7 cm³/mol. The zero-order valence-corrected chi connectivity index (χ0v) is 9.90. The molecule has 84 valence electrons. The van der Waals surface area contributed by atoms with Gasteiger partial charge in [-0.25, -0.2) is 0 Å². The average Bonchev–Trinajstić information content (AvgIpc) is 2.27. The lowest BCUT2D eigenvalue weighted by molar-refractivity contribution is 0.307. The lowest BCUT2D eigenvalue weighted by atomic mass is 10.2. The van der Waals surface area contributed by atoms with Gasteiger partial charge in [0.15, 0.2) is 0 Å². The van der Waals surface area contributed by atoms with Crippen molar-refractivity contribution < 1.29 is 0 Å². The van der Waals surface area contributed by atoms with Crippen LogP contribution in [0.1, 0.15) is 18.9 Å². The van der Waals surface area contributed by atoms with Gasteiger partial charge in [-0.1, -0.05) is 0 Å². The molecule has 1 unspecified atom stereocenters. The molecule has 0 aliphatic rings. The third-order valence-corrected chi connectivity index (χ3v) is 2.64. The van der Waals surface area contributed by atoms with Crippen molar-refractivity contribution in [2.75, 3.05) is 20.6 Å². The molecule has 0 radical (unpaired) electrons. The summed E-state index contributed by atoms with van der Waals surface area (Å²) in [4.78, 5) is 6.35. The Labute approximate surface area is 92.5 Å². The van der Waals surface area contributed by atoms with Gasteiger partial charge in [0.25, 0.3) is 0 Å². The number of hydrogen-bond donors (Lipinski definition) is 1. The SMILES string of the molecule is CNC(C)CCN(C)Cc1ccncc1. The molecule has 1 rings (SSSR count). The van der Waals surface area contributed by atoms with Crippen LogP contribution in [0.15, 0.2) is 24.5 Å². The van der Waals surface area contributed by atoms with Crippen LogP contribution in [-0.4, -0.2) is 36.6 Å². The molecule has 0 bridgehead atoms. The van der Waals surface area contributed by atoms with E-state index in [-0.39, 0.29) is 0 Å². The number of hydrogen-bond acceptors (Lipinski definition) is 3. The van der Waals surface area contributed by atoms with Gasteiger partial charge < -0.3 is 10.2 Å². The molecular formula is C12H21N3. The Morgan fingerprint density at radius 2 is 2.07 bits per heavy atom. The van der Waals surface area contributed by atoms with Crippen molar-refractivity contribution in [3.8, 4) is 0 Å². The van der Waals surface area contributed by atoms with E-state index < -0.39 is 0 Å². The zero-order chi connectivity index (χ0) is 11.1. The van der Waals surface area contributed by atoms with Gasteiger partial charge in [0.05, 0.1) is 0 Å². The Morgan fingerprint density at radius 1 is 1.40 bits per heavy atom. The van der Waals surface area contributed by atoms with E-state index in [1.165, 1.54) is 12.0 Å². The zero-order valence-electron chi connectivity index (χ0n) is 9.90. The van der Waals surface area contributed by atoms with Crippen molar-refractivity contribution in [3.05, 3.63) is 30.1 Å². The van der Waals surface area contributed by atoms with E-state index in [0.29, 0.717) is 6.04 Å². The number of pyridine rings is 1. The van der Waals surface area contributed by atoms with Gasteiger partial charge in [-0.3, -0.25) is 4.98 Å². The second kappa shape index (κ2) is 6.53. The van der Waals surface area contributed by atoms with E-state index in [1.54, 1.807) is 0 Å². The fraction of sp³-hybridized carbons (Fsp3) is 0.583. The maximum absolute atomic E-state index is 4.01. The van der Waals surface area contributed by atoms with Crippen molar-refractivity contribution in [2.24, 2.45) is 0 Å². The summed E-state index contributed by atoms with van der Waals surface area (Å²) in [6, 6.07) is 4.72. The second-order valence-electron chi connectivity index (χ2n) is 4.07. The fourth-order valence-corrected chi connectivity index (χ4v) is 1.44. The van der Waals surface area contributed by atoms with Crippen molar-refractivity contribution in [1.29, 1.82) is 0 Å². The molecule has 1 aromatic heterocycles. The van der Waals surface area contributed by atoms with Gasteiger partial charge in [-0.15, -0.1) is 0 Å². The molecule has 1 heterocycles. The highest BCUT2D eigenvalue weighted by Gasteiger charge is 2.02. The highest BCUT2D eigenvalue weighted by Crippen LogP contribution is 2.02. The number of nitrogens with one attached hydrogen (secondary N) is 1. The molecule has 0 aromatic carbocycles. The quantitative estimate of drug-likeness (QED) is 0.766. The van der Waals surface area contributed by atoms with Crippen molar-refractivity contribution in [2.45, 2.75) is 25.9 Å². The minimum absolute atomic E-state index is 0.588. The average molecular weight is 207 g/mol. The standard InChI is InChI=1S/C12H21N3/c1-11(13-2)6-9-15(3)10-12-4-7-14-8-5-12/h4-5,7-8,11,13H,6,9-10H2,1-3H3. The summed E-state index contributed by atoms with van der Waals surface area (Å²) in [5, 5.41) is 3.25. The second-order valence-corrected chi connectivity index (χ2v) is 4.07. The molecule has 1 atom stereocenters. The summed E-state index contributed by atoms with van der Waals surface area (Å²) in [6.45, 7) is 4.32. The minimum Gasteiger partial charge on any atom is -0.317 e. The van der Waals surface area contributed by atoms with Gasteiger partial charge in [0.1, 0.15) is 0 Å². The minimum atomic E-state index is 0.588. The molecule has 3 heteroatoms. The maximum atomic E-state index is 4.01. The van der Waals surface area contributed by atoms with E-state index in [1.807, 2.05) is 19.4 Å². The van der Waals surface area contributed by atoms with Crippen molar-refractivity contribution >= 4 is 0 Å². The van der Waals surface area contributed by atoms with Crippen molar-refractivity contribution in [3.63, 3.8) is 0 Å². The summed E-state index contributed by atoms with van der Waals surface area (Å²) in [5.41, 5.74) is 1.32. The van der Waals surface area contributed by atoms with Gasteiger partial charge >= 0.3 is 0 Å². The summed E-state index contributed by atoms with van der Waals surface area (Å²) >= 11 is 0. The molecule has 0 amide bonds. The Morgan fingerprint density at radius 3 is 2.67 bits per heavy atom. The first-order valence-electron chi connectivity index (χ1n) is 5.47. The summed E-state index contributed by atoms with van der Waals surface area (Å²) in [5.74, 6) is 0. The van der Waals surface area contributed by atoms with E-state index in [2.05, 4.69) is 41.3 Å². The third kappa shape index (κ3) is 4.91. The molecule has 1 N–H and O–H groups in total. The van der Waals surface area contributed by atoms with Crippen LogP contribution in [-0.2, 0) is 6.54 Å². The molecule has 0 saturated heterocycles.